The Labute approximate surface area is 227 Å². The lowest BCUT2D eigenvalue weighted by molar-refractivity contribution is 0.0734. The fourth-order valence-corrected chi connectivity index (χ4v) is 6.67. The van der Waals surface area contributed by atoms with E-state index >= 15 is 4.39 Å². The Morgan fingerprint density at radius 3 is 2.67 bits per heavy atom. The van der Waals surface area contributed by atoms with E-state index in [4.69, 9.17) is 9.85 Å². The molecule has 0 radical (unpaired) electrons. The van der Waals surface area contributed by atoms with Crippen LogP contribution in [-0.2, 0) is 5.54 Å². The van der Waals surface area contributed by atoms with Crippen LogP contribution in [-0.4, -0.2) is 37.4 Å². The fraction of sp³-hybridized carbons (Fsp3) is 0.310. The summed E-state index contributed by atoms with van der Waals surface area (Å²) < 4.78 is 41.3. The second kappa shape index (κ2) is 7.68. The van der Waals surface area contributed by atoms with Gasteiger partial charge >= 0.3 is 0 Å². The van der Waals surface area contributed by atoms with Gasteiger partial charge in [-0.1, -0.05) is 6.07 Å². The highest BCUT2D eigenvalue weighted by molar-refractivity contribution is 5.98. The molecule has 2 atom stereocenters. The first kappa shape index (κ1) is 20.3. The standard InChI is InChI=1S/C29H23FN8O/c1-28(14-32)12-29(33,13-28)27-34-9-16(10-35-27)18-6-21-24-19-7-22(25(24)36-38(21)11-20(18)30)37(2)26(39)17-5-3-4-15(8-31)23(17)19/h3-6,9-11,19,22H,7,12-13,33H2,1-2H3/t19-,22-,28?,29?/m1/s1/i2D3. The minimum atomic E-state index is -2.77. The number of nitrogens with zero attached hydrogens (tertiary/aromatic N) is 7. The van der Waals surface area contributed by atoms with Crippen LogP contribution >= 0.6 is 0 Å². The Kier molecular flexibility index (Phi) is 4.00. The van der Waals surface area contributed by atoms with Crippen molar-refractivity contribution >= 4 is 11.4 Å². The zero-order chi connectivity index (χ0) is 29.8. The molecule has 1 amide bonds. The van der Waals surface area contributed by atoms with Crippen LogP contribution in [0.3, 0.4) is 0 Å². The first-order valence-corrected chi connectivity index (χ1v) is 12.5. The highest BCUT2D eigenvalue weighted by atomic mass is 19.1. The van der Waals surface area contributed by atoms with Gasteiger partial charge in [0.2, 0.25) is 0 Å². The zero-order valence-electron chi connectivity index (χ0n) is 23.8. The monoisotopic (exact) mass is 521 g/mol. The molecule has 3 aromatic heterocycles. The van der Waals surface area contributed by atoms with E-state index in [0.29, 0.717) is 46.6 Å². The number of halogens is 1. The van der Waals surface area contributed by atoms with Gasteiger partial charge in [0.15, 0.2) is 0 Å². The molecule has 1 aromatic carbocycles. The van der Waals surface area contributed by atoms with Crippen molar-refractivity contribution in [3.8, 4) is 23.3 Å². The maximum Gasteiger partial charge on any atom is 0.254 e. The van der Waals surface area contributed by atoms with Gasteiger partial charge < -0.3 is 10.6 Å². The number of pyridine rings is 1. The molecule has 4 aromatic rings. The molecule has 4 heterocycles. The molecule has 2 bridgehead atoms. The second-order valence-electron chi connectivity index (χ2n) is 11.0. The van der Waals surface area contributed by atoms with Crippen LogP contribution in [0.4, 0.5) is 4.39 Å². The van der Waals surface area contributed by atoms with Crippen molar-refractivity contribution in [3.05, 3.63) is 82.4 Å². The van der Waals surface area contributed by atoms with Crippen LogP contribution in [0.15, 0.2) is 42.9 Å². The van der Waals surface area contributed by atoms with Gasteiger partial charge in [0.25, 0.3) is 5.91 Å². The number of aromatic nitrogens is 4. The predicted octanol–water partition coefficient (Wildman–Crippen LogP) is 3.94. The molecule has 1 fully saturated rings. The Hall–Kier alpha value is -4.67. The predicted molar refractivity (Wildman–Crippen MR) is 137 cm³/mol. The lowest BCUT2D eigenvalue weighted by atomic mass is 9.59. The van der Waals surface area contributed by atoms with Crippen LogP contribution < -0.4 is 5.73 Å². The second-order valence-corrected chi connectivity index (χ2v) is 11.0. The fourth-order valence-electron chi connectivity index (χ4n) is 6.67. The van der Waals surface area contributed by atoms with Crippen LogP contribution in [0.5, 0.6) is 0 Å². The van der Waals surface area contributed by atoms with E-state index in [1.165, 1.54) is 23.1 Å². The Morgan fingerprint density at radius 1 is 1.21 bits per heavy atom. The van der Waals surface area contributed by atoms with Crippen molar-refractivity contribution < 1.29 is 13.3 Å². The summed E-state index contributed by atoms with van der Waals surface area (Å²) in [6.45, 7) is -0.932. The number of benzene rings is 1. The maximum atomic E-state index is 15.5. The first-order chi connectivity index (χ1) is 19.9. The molecule has 1 aliphatic heterocycles. The van der Waals surface area contributed by atoms with Crippen molar-refractivity contribution in [2.75, 3.05) is 6.98 Å². The summed E-state index contributed by atoms with van der Waals surface area (Å²) in [7, 11) is 0. The smallest absolute Gasteiger partial charge is 0.254 e. The molecular weight excluding hydrogens is 495 g/mol. The van der Waals surface area contributed by atoms with Crippen molar-refractivity contribution in [1.82, 2.24) is 24.5 Å². The number of rotatable bonds is 2. The summed E-state index contributed by atoms with van der Waals surface area (Å²) in [5.41, 5.74) is 8.10. The van der Waals surface area contributed by atoms with Crippen LogP contribution in [0, 0.1) is 33.9 Å². The number of hydrogen-bond acceptors (Lipinski definition) is 7. The first-order valence-electron chi connectivity index (χ1n) is 14.0. The van der Waals surface area contributed by atoms with E-state index in [0.717, 1.165) is 4.90 Å². The molecule has 0 unspecified atom stereocenters. The molecule has 1 saturated carbocycles. The molecule has 0 saturated heterocycles. The molecule has 2 N–H and O–H groups in total. The molecular formula is C29H23FN8O. The molecule has 9 nitrogen and oxygen atoms in total. The molecule has 192 valence electrons. The zero-order valence-corrected chi connectivity index (χ0v) is 20.8. The quantitative estimate of drug-likeness (QED) is 0.422. The highest BCUT2D eigenvalue weighted by Gasteiger charge is 2.53. The van der Waals surface area contributed by atoms with E-state index in [9.17, 15) is 15.3 Å². The van der Waals surface area contributed by atoms with Gasteiger partial charge in [-0.25, -0.2) is 18.9 Å². The number of hydrogen-bond donors (Lipinski definition) is 1. The molecule has 3 aliphatic rings. The number of carbonyl (C=O) groups excluding carboxylic acids is 1. The number of amides is 1. The van der Waals surface area contributed by atoms with Gasteiger partial charge in [-0.05, 0) is 49.9 Å². The summed E-state index contributed by atoms with van der Waals surface area (Å²) in [6, 6.07) is 9.85. The molecule has 39 heavy (non-hydrogen) atoms. The summed E-state index contributed by atoms with van der Waals surface area (Å²) in [5.74, 6) is -1.42. The third-order valence-corrected chi connectivity index (χ3v) is 8.34. The Balaban J connectivity index is 1.37. The highest BCUT2D eigenvalue weighted by Crippen LogP contribution is 2.53. The lowest BCUT2D eigenvalue weighted by Crippen LogP contribution is -2.54. The molecule has 10 heteroatoms. The average Bonchev–Trinajstić information content (AvgIpc) is 3.43. The Morgan fingerprint density at radius 2 is 1.97 bits per heavy atom. The largest absolute Gasteiger partial charge is 0.333 e. The van der Waals surface area contributed by atoms with Crippen LogP contribution in [0.2, 0.25) is 0 Å². The topological polar surface area (TPSA) is 137 Å². The molecule has 7 rings (SSSR count). The van der Waals surface area contributed by atoms with Gasteiger partial charge in [0, 0.05) is 51.7 Å². The van der Waals surface area contributed by atoms with E-state index in [1.54, 1.807) is 24.3 Å². The van der Waals surface area contributed by atoms with E-state index < -0.39 is 41.6 Å². The van der Waals surface area contributed by atoms with Crippen LogP contribution in [0.25, 0.3) is 16.6 Å². The van der Waals surface area contributed by atoms with Crippen LogP contribution in [0.1, 0.15) is 80.8 Å². The van der Waals surface area contributed by atoms with Crippen molar-refractivity contribution in [1.29, 1.82) is 10.5 Å². The van der Waals surface area contributed by atoms with Gasteiger partial charge in [-0.3, -0.25) is 4.79 Å². The lowest BCUT2D eigenvalue weighted by Gasteiger charge is -2.47. The summed E-state index contributed by atoms with van der Waals surface area (Å²) in [5, 5.41) is 23.8. The van der Waals surface area contributed by atoms with Crippen molar-refractivity contribution in [2.45, 2.75) is 43.7 Å². The molecule has 2 aliphatic carbocycles. The summed E-state index contributed by atoms with van der Waals surface area (Å²) in [4.78, 5) is 23.2. The maximum absolute atomic E-state index is 15.5. The minimum Gasteiger partial charge on any atom is -0.333 e. The number of fused-ring (bicyclic) bond motifs is 9. The Bertz CT molecular complexity index is 1910. The molecule has 0 spiro atoms. The van der Waals surface area contributed by atoms with Crippen molar-refractivity contribution in [3.63, 3.8) is 0 Å². The summed E-state index contributed by atoms with van der Waals surface area (Å²) >= 11 is 0. The normalized spacial score (nSPS) is 28.3. The van der Waals surface area contributed by atoms with Gasteiger partial charge in [-0.2, -0.15) is 15.6 Å². The minimum absolute atomic E-state index is 0.160. The van der Waals surface area contributed by atoms with E-state index in [2.05, 4.69) is 27.2 Å². The third kappa shape index (κ3) is 3.12. The third-order valence-electron chi connectivity index (χ3n) is 8.34. The number of nitriles is 2. The van der Waals surface area contributed by atoms with Gasteiger partial charge in [0.1, 0.15) is 11.6 Å². The van der Waals surface area contributed by atoms with E-state index in [1.807, 2.05) is 6.92 Å². The van der Waals surface area contributed by atoms with Gasteiger partial charge in [0.05, 0.1) is 52.1 Å². The van der Waals surface area contributed by atoms with E-state index in [-0.39, 0.29) is 23.1 Å². The SMILES string of the molecule is [2H]C([2H])([2H])N1C(=O)c2cccc(C#N)c2[C@H]2C[C@@H]1c1nn3cc(F)c(-c4cnc(C5(N)CC(C)(C#N)C5)nc4)cc3c12. The average molecular weight is 522 g/mol. The van der Waals surface area contributed by atoms with Crippen molar-refractivity contribution in [2.24, 2.45) is 11.1 Å². The number of nitrogens with two attached hydrogens (primary N) is 1. The number of carbonyl (C=O) groups is 1. The van der Waals surface area contributed by atoms with Gasteiger partial charge in [-0.15, -0.1) is 0 Å². The summed E-state index contributed by atoms with van der Waals surface area (Å²) in [6.07, 6.45) is 5.26.